The number of H-pyrrole nitrogens is 2. The summed E-state index contributed by atoms with van der Waals surface area (Å²) in [5, 5.41) is 39.3. The third-order valence-electron chi connectivity index (χ3n) is 12.6. The van der Waals surface area contributed by atoms with Crippen molar-refractivity contribution in [2.75, 3.05) is 48.3 Å². The first-order chi connectivity index (χ1) is 35.5. The molecule has 16 atom stereocenters. The molecule has 0 aromatic carbocycles. The summed E-state index contributed by atoms with van der Waals surface area (Å²) in [6, 6.07) is 0.226. The molecule has 7 heterocycles. The largest absolute Gasteiger partial charge is 0.453 e. The molecule has 7 rings (SSSR count). The van der Waals surface area contributed by atoms with Crippen LogP contribution in [0.3, 0.4) is 0 Å². The molecule has 3 aromatic rings. The van der Waals surface area contributed by atoms with Gasteiger partial charge in [0, 0.05) is 66.6 Å². The van der Waals surface area contributed by atoms with Gasteiger partial charge in [-0.15, -0.1) is 0 Å². The fourth-order valence-electron chi connectivity index (χ4n) is 8.25. The van der Waals surface area contributed by atoms with Crippen LogP contribution >= 0.6 is 0 Å². The maximum absolute atomic E-state index is 12.1. The van der Waals surface area contributed by atoms with E-state index in [4.69, 9.17) is 47.7 Å². The zero-order valence-corrected chi connectivity index (χ0v) is 46.1. The Bertz CT molecular complexity index is 2380. The van der Waals surface area contributed by atoms with Gasteiger partial charge in [0.25, 0.3) is 16.7 Å². The first-order valence-electron chi connectivity index (χ1n) is 25.4. The summed E-state index contributed by atoms with van der Waals surface area (Å²) in [7, 11) is 6.41. The smallest absolute Gasteiger partial charge is 0.330 e. The number of hydrogen-bond acceptors (Lipinski definition) is 20. The van der Waals surface area contributed by atoms with Crippen LogP contribution in [0.1, 0.15) is 119 Å². The van der Waals surface area contributed by atoms with Crippen LogP contribution in [0.2, 0.25) is 0 Å². The summed E-state index contributed by atoms with van der Waals surface area (Å²) in [6.45, 7) is 21.2. The van der Waals surface area contributed by atoms with Gasteiger partial charge in [-0.05, 0) is 74.1 Å². The molecule has 25 heteroatoms. The van der Waals surface area contributed by atoms with Gasteiger partial charge in [0.15, 0.2) is 24.8 Å². The monoisotopic (exact) mass is 1080 g/mol. The fraction of sp³-hybridized carbons (Fsp3) is 0.760. The quantitative estimate of drug-likeness (QED) is 0.112. The zero-order chi connectivity index (χ0) is 56.4. The standard InChI is InChI=1S/2C15H24N2O6.C11H14N2O4.C5H12O.C4H10O2.2H2/c2*1-5-10-11(18)12(22-9(3)7-21-4)14(23-10)17-6-8(2)13(19)16-15(17)20;1-3-6-7(14)8-10(16-6)13-4-5(2)9(15)12-11(13)17-8;1-4-5(2)6-3;1-4(5)3-6-2;;/h2*6,9-12,14,18H,5,7H2,1-4H3,(H,16,19,20);4,6-8,10,14H,3H2,1-2H3;5H,4H2,1-3H3;4-5H,3H2,1-2H3;2*1H/t9-,10+,11?,12-,14+;9-,10-,11?,12+,14-;6-,7?,8-,10-;;;;/m011..../s1. The Morgan fingerprint density at radius 2 is 1.00 bits per heavy atom. The molecule has 3 saturated heterocycles. The maximum Gasteiger partial charge on any atom is 0.330 e. The minimum atomic E-state index is -0.872. The van der Waals surface area contributed by atoms with Gasteiger partial charge in [-0.3, -0.25) is 38.1 Å². The number of methoxy groups -OCH3 is 4. The van der Waals surface area contributed by atoms with Crippen LogP contribution in [0.15, 0.2) is 42.6 Å². The molecule has 432 valence electrons. The third-order valence-corrected chi connectivity index (χ3v) is 12.6. The van der Waals surface area contributed by atoms with Crippen molar-refractivity contribution in [2.45, 2.75) is 200 Å². The number of aliphatic hydroxyl groups excluding tert-OH is 4. The molecule has 25 nitrogen and oxygen atoms in total. The van der Waals surface area contributed by atoms with Crippen molar-refractivity contribution in [1.82, 2.24) is 28.7 Å². The summed E-state index contributed by atoms with van der Waals surface area (Å²) in [4.78, 5) is 67.0. The van der Waals surface area contributed by atoms with Crippen LogP contribution in [-0.4, -0.2) is 177 Å². The lowest BCUT2D eigenvalue weighted by molar-refractivity contribution is -0.111. The van der Waals surface area contributed by atoms with E-state index in [1.54, 1.807) is 66.9 Å². The van der Waals surface area contributed by atoms with Crippen LogP contribution in [-0.2, 0) is 42.6 Å². The molecule has 0 spiro atoms. The van der Waals surface area contributed by atoms with Crippen molar-refractivity contribution >= 4 is 0 Å². The second kappa shape index (κ2) is 31.1. The molecule has 75 heavy (non-hydrogen) atoms. The van der Waals surface area contributed by atoms with Gasteiger partial charge in [0.05, 0.1) is 62.5 Å². The lowest BCUT2D eigenvalue weighted by atomic mass is 10.1. The summed E-state index contributed by atoms with van der Waals surface area (Å²) in [5.41, 5.74) is -1.08. The van der Waals surface area contributed by atoms with E-state index in [9.17, 15) is 39.3 Å². The normalized spacial score (nSPS) is 27.8. The molecule has 0 amide bonds. The molecule has 6 N–H and O–H groups in total. The molecule has 0 aliphatic carbocycles. The predicted molar refractivity (Wildman–Crippen MR) is 277 cm³/mol. The van der Waals surface area contributed by atoms with Gasteiger partial charge in [0.1, 0.15) is 30.5 Å². The van der Waals surface area contributed by atoms with Gasteiger partial charge in [-0.2, -0.15) is 4.98 Å². The van der Waals surface area contributed by atoms with E-state index in [1.165, 1.54) is 21.5 Å². The number of aryl methyl sites for hydroxylation is 3. The van der Waals surface area contributed by atoms with Crippen molar-refractivity contribution in [1.29, 1.82) is 0 Å². The third kappa shape index (κ3) is 17.5. The van der Waals surface area contributed by atoms with E-state index in [0.29, 0.717) is 55.5 Å². The summed E-state index contributed by atoms with van der Waals surface area (Å²) >= 11 is 0. The van der Waals surface area contributed by atoms with Gasteiger partial charge in [0.2, 0.25) is 0 Å². The lowest BCUT2D eigenvalue weighted by Gasteiger charge is -2.25. The summed E-state index contributed by atoms with van der Waals surface area (Å²) in [6.07, 6.45) is -0.397. The summed E-state index contributed by atoms with van der Waals surface area (Å²) < 4.78 is 58.2. The van der Waals surface area contributed by atoms with E-state index in [-0.39, 0.29) is 45.1 Å². The van der Waals surface area contributed by atoms with Gasteiger partial charge in [-0.1, -0.05) is 27.7 Å². The fourth-order valence-corrected chi connectivity index (χ4v) is 8.25. The van der Waals surface area contributed by atoms with E-state index in [2.05, 4.69) is 33.5 Å². The van der Waals surface area contributed by atoms with E-state index >= 15 is 0 Å². The maximum atomic E-state index is 12.1. The molecule has 4 aliphatic rings. The average molecular weight is 1080 g/mol. The number of nitrogens with one attached hydrogen (secondary N) is 2. The van der Waals surface area contributed by atoms with Crippen LogP contribution in [0.5, 0.6) is 6.01 Å². The average Bonchev–Trinajstić information content (AvgIpc) is 4.07. The molecule has 4 aliphatic heterocycles. The SMILES string of the molecule is CCC(C)OC.CC[C@H]1O[C@@H](n2cc(C)c(=O)[nH]c2=O)[C@@H](O[C@@H](C)COC)C1O.CC[C@H]1O[C@@H](n2cc(C)c(=O)[nH]c2=O)[C@@H](O[C@H](C)COC)C1O.CC[C@H]1O[C@@H]2[C@H](Oc3nc(=O)c(C)cn32)C1O.COCC(C)O.[HH].[HH]. The first kappa shape index (κ1) is 64.8. The number of nitrogens with zero attached hydrogens (tertiary/aromatic N) is 4. The second-order valence-electron chi connectivity index (χ2n) is 18.8. The minimum Gasteiger partial charge on any atom is -0.453 e. The van der Waals surface area contributed by atoms with E-state index < -0.39 is 83.8 Å². The van der Waals surface area contributed by atoms with Crippen LogP contribution in [0, 0.1) is 20.8 Å². The molecule has 3 fully saturated rings. The number of hydrogen-bond donors (Lipinski definition) is 6. The lowest BCUT2D eigenvalue weighted by Crippen LogP contribution is -2.41. The highest BCUT2D eigenvalue weighted by Gasteiger charge is 2.51. The summed E-state index contributed by atoms with van der Waals surface area (Å²) in [5.74, 6) is 0. The molecular weight excluding hydrogens is 989 g/mol. The number of aromatic amines is 2. The van der Waals surface area contributed by atoms with Crippen molar-refractivity contribution in [2.24, 2.45) is 0 Å². The Balaban J connectivity index is 0.000000518. The minimum absolute atomic E-state index is 0. The first-order valence-corrected chi connectivity index (χ1v) is 25.4. The Labute approximate surface area is 439 Å². The molecule has 5 unspecified atom stereocenters. The Morgan fingerprint density at radius 1 is 0.600 bits per heavy atom. The number of rotatable bonds is 17. The van der Waals surface area contributed by atoms with Crippen molar-refractivity contribution in [3.8, 4) is 6.01 Å². The van der Waals surface area contributed by atoms with Crippen molar-refractivity contribution in [3.05, 3.63) is 87.3 Å². The highest BCUT2D eigenvalue weighted by molar-refractivity contribution is 5.15. The molecule has 0 radical (unpaired) electrons. The molecule has 0 bridgehead atoms. The molecular formula is C50H88N6O19. The van der Waals surface area contributed by atoms with Gasteiger partial charge >= 0.3 is 17.4 Å². The van der Waals surface area contributed by atoms with E-state index in [1.807, 2.05) is 34.6 Å². The van der Waals surface area contributed by atoms with Crippen LogP contribution in [0.25, 0.3) is 0 Å². The van der Waals surface area contributed by atoms with Crippen molar-refractivity contribution < 1.29 is 70.6 Å². The van der Waals surface area contributed by atoms with E-state index in [0.717, 1.165) is 12.8 Å². The topological polar surface area (TPSA) is 318 Å². The zero-order valence-electron chi connectivity index (χ0n) is 46.1. The Hall–Kier alpha value is -4.48. The molecule has 0 saturated carbocycles. The second-order valence-corrected chi connectivity index (χ2v) is 18.8. The Morgan fingerprint density at radius 3 is 1.35 bits per heavy atom. The highest BCUT2D eigenvalue weighted by Crippen LogP contribution is 2.40. The number of fused-ring (bicyclic) bond motifs is 3. The van der Waals surface area contributed by atoms with Gasteiger partial charge in [-0.25, -0.2) is 9.59 Å². The number of aromatic nitrogens is 6. The van der Waals surface area contributed by atoms with Crippen LogP contribution < -0.4 is 32.8 Å². The van der Waals surface area contributed by atoms with Crippen molar-refractivity contribution in [3.63, 3.8) is 0 Å². The highest BCUT2D eigenvalue weighted by atomic mass is 16.6. The number of ether oxygens (including phenoxy) is 10. The van der Waals surface area contributed by atoms with Crippen LogP contribution in [0.4, 0.5) is 0 Å². The predicted octanol–water partition coefficient (Wildman–Crippen LogP) is 1.78. The molecule has 3 aromatic heterocycles. The Kier molecular flexibility index (Phi) is 26.8. The van der Waals surface area contributed by atoms with Gasteiger partial charge < -0.3 is 67.8 Å². The number of aliphatic hydroxyl groups is 4.